The lowest BCUT2D eigenvalue weighted by Gasteiger charge is -2.10. The van der Waals surface area contributed by atoms with Gasteiger partial charge in [-0.15, -0.1) is 0 Å². The fraction of sp³-hybridized carbons (Fsp3) is 0.125. The predicted octanol–water partition coefficient (Wildman–Crippen LogP) is 4.96. The van der Waals surface area contributed by atoms with Crippen LogP contribution in [0.4, 0.5) is 13.2 Å². The lowest BCUT2D eigenvalue weighted by molar-refractivity contribution is -0.137. The van der Waals surface area contributed by atoms with Crippen molar-refractivity contribution in [1.29, 1.82) is 0 Å². The number of rotatable bonds is 2. The quantitative estimate of drug-likeness (QED) is 0.610. The van der Waals surface area contributed by atoms with Gasteiger partial charge in [-0.25, -0.2) is 9.78 Å². The average Bonchev–Trinajstić information content (AvgIpc) is 2.47. The van der Waals surface area contributed by atoms with E-state index in [2.05, 4.69) is 4.98 Å². The summed E-state index contributed by atoms with van der Waals surface area (Å²) in [5.41, 5.74) is -0.457. The molecule has 0 fully saturated rings. The second-order valence-electron chi connectivity index (χ2n) is 5.02. The van der Waals surface area contributed by atoms with E-state index in [0.717, 1.165) is 11.6 Å². The van der Waals surface area contributed by atoms with Crippen molar-refractivity contribution in [3.8, 4) is 11.6 Å². The molecule has 0 aliphatic rings. The van der Waals surface area contributed by atoms with Crippen LogP contribution in [0, 0.1) is 6.92 Å². The second kappa shape index (κ2) is 5.83. The molecule has 0 N–H and O–H groups in total. The standard InChI is InChI=1S/C16H9ClF3NO3/c1-8-4-14(22)24-13-6-10(2-3-11(8)13)23-15-12(17)5-9(7-21-15)16(18,19)20/h2-7H,1H3. The van der Waals surface area contributed by atoms with Gasteiger partial charge in [0.25, 0.3) is 0 Å². The summed E-state index contributed by atoms with van der Waals surface area (Å²) in [6.45, 7) is 1.76. The Labute approximate surface area is 138 Å². The molecule has 0 radical (unpaired) electrons. The third kappa shape index (κ3) is 3.21. The van der Waals surface area contributed by atoms with Crippen molar-refractivity contribution in [2.75, 3.05) is 0 Å². The second-order valence-corrected chi connectivity index (χ2v) is 5.42. The molecule has 3 rings (SSSR count). The van der Waals surface area contributed by atoms with E-state index < -0.39 is 17.4 Å². The fourth-order valence-electron chi connectivity index (χ4n) is 2.14. The number of aryl methyl sites for hydroxylation is 1. The van der Waals surface area contributed by atoms with Crippen LogP contribution in [0.3, 0.4) is 0 Å². The largest absolute Gasteiger partial charge is 0.437 e. The number of alkyl halides is 3. The van der Waals surface area contributed by atoms with Gasteiger partial charge >= 0.3 is 11.8 Å². The third-order valence-corrected chi connectivity index (χ3v) is 3.54. The minimum Gasteiger partial charge on any atom is -0.437 e. The Morgan fingerprint density at radius 3 is 2.62 bits per heavy atom. The first kappa shape index (κ1) is 16.3. The van der Waals surface area contributed by atoms with Crippen LogP contribution in [0.25, 0.3) is 11.0 Å². The van der Waals surface area contributed by atoms with E-state index in [4.69, 9.17) is 20.8 Å². The van der Waals surface area contributed by atoms with Gasteiger partial charge in [-0.3, -0.25) is 0 Å². The van der Waals surface area contributed by atoms with Gasteiger partial charge in [0.1, 0.15) is 16.4 Å². The molecule has 2 aromatic heterocycles. The summed E-state index contributed by atoms with van der Waals surface area (Å²) in [6, 6.07) is 6.78. The number of benzene rings is 1. The monoisotopic (exact) mass is 355 g/mol. The number of pyridine rings is 1. The van der Waals surface area contributed by atoms with Crippen LogP contribution in [0.2, 0.25) is 5.02 Å². The lowest BCUT2D eigenvalue weighted by atomic mass is 10.1. The number of halogens is 4. The van der Waals surface area contributed by atoms with Crippen molar-refractivity contribution >= 4 is 22.6 Å². The predicted molar refractivity (Wildman–Crippen MR) is 81.5 cm³/mol. The smallest absolute Gasteiger partial charge is 0.417 e. The molecule has 0 aliphatic carbocycles. The van der Waals surface area contributed by atoms with E-state index >= 15 is 0 Å². The molecular formula is C16H9ClF3NO3. The Morgan fingerprint density at radius 2 is 1.96 bits per heavy atom. The zero-order valence-electron chi connectivity index (χ0n) is 12.1. The van der Waals surface area contributed by atoms with Crippen LogP contribution < -0.4 is 10.4 Å². The van der Waals surface area contributed by atoms with Gasteiger partial charge in [0.05, 0.1) is 5.56 Å². The van der Waals surface area contributed by atoms with Crippen LogP contribution >= 0.6 is 11.6 Å². The number of fused-ring (bicyclic) bond motifs is 1. The van der Waals surface area contributed by atoms with Gasteiger partial charge in [-0.2, -0.15) is 13.2 Å². The molecule has 24 heavy (non-hydrogen) atoms. The normalized spacial score (nSPS) is 11.7. The molecule has 3 aromatic rings. The van der Waals surface area contributed by atoms with Gasteiger partial charge < -0.3 is 9.15 Å². The highest BCUT2D eigenvalue weighted by Crippen LogP contribution is 2.35. The highest BCUT2D eigenvalue weighted by molar-refractivity contribution is 6.31. The number of nitrogens with zero attached hydrogens (tertiary/aromatic N) is 1. The molecule has 0 atom stereocenters. The number of hydrogen-bond acceptors (Lipinski definition) is 4. The number of hydrogen-bond donors (Lipinski definition) is 0. The topological polar surface area (TPSA) is 52.3 Å². The molecule has 0 spiro atoms. The molecule has 2 heterocycles. The summed E-state index contributed by atoms with van der Waals surface area (Å²) >= 11 is 5.79. The van der Waals surface area contributed by atoms with E-state index in [-0.39, 0.29) is 16.7 Å². The van der Waals surface area contributed by atoms with Crippen molar-refractivity contribution in [3.63, 3.8) is 0 Å². The Kier molecular flexibility index (Phi) is 3.96. The van der Waals surface area contributed by atoms with Gasteiger partial charge in [-0.05, 0) is 30.7 Å². The van der Waals surface area contributed by atoms with Crippen molar-refractivity contribution in [1.82, 2.24) is 4.98 Å². The summed E-state index contributed by atoms with van der Waals surface area (Å²) in [5.74, 6) is 0.0458. The Morgan fingerprint density at radius 1 is 1.21 bits per heavy atom. The van der Waals surface area contributed by atoms with E-state index in [1.54, 1.807) is 19.1 Å². The van der Waals surface area contributed by atoms with Gasteiger partial charge in [0.15, 0.2) is 0 Å². The van der Waals surface area contributed by atoms with Crippen LogP contribution in [-0.4, -0.2) is 4.98 Å². The van der Waals surface area contributed by atoms with Crippen molar-refractivity contribution in [3.05, 3.63) is 63.1 Å². The first-order chi connectivity index (χ1) is 11.2. The molecule has 124 valence electrons. The number of aromatic nitrogens is 1. The fourth-order valence-corrected chi connectivity index (χ4v) is 2.34. The Hall–Kier alpha value is -2.54. The van der Waals surface area contributed by atoms with E-state index in [1.807, 2.05) is 0 Å². The molecule has 0 saturated heterocycles. The maximum atomic E-state index is 12.6. The molecule has 4 nitrogen and oxygen atoms in total. The van der Waals surface area contributed by atoms with Crippen LogP contribution in [0.5, 0.6) is 11.6 Å². The molecule has 0 saturated carbocycles. The Balaban J connectivity index is 1.97. The molecule has 0 bridgehead atoms. The third-order valence-electron chi connectivity index (χ3n) is 3.27. The molecule has 0 aliphatic heterocycles. The summed E-state index contributed by atoms with van der Waals surface area (Å²) < 4.78 is 48.3. The van der Waals surface area contributed by atoms with Gasteiger partial charge in [0, 0.05) is 23.7 Å². The minimum absolute atomic E-state index is 0.181. The molecule has 0 amide bonds. The zero-order valence-corrected chi connectivity index (χ0v) is 12.9. The number of ether oxygens (including phenoxy) is 1. The zero-order chi connectivity index (χ0) is 17.5. The van der Waals surface area contributed by atoms with Gasteiger partial charge in [0.2, 0.25) is 5.88 Å². The first-order valence-electron chi connectivity index (χ1n) is 6.69. The molecule has 8 heteroatoms. The van der Waals surface area contributed by atoms with Crippen LogP contribution in [0.15, 0.2) is 45.7 Å². The first-order valence-corrected chi connectivity index (χ1v) is 7.07. The van der Waals surface area contributed by atoms with Crippen molar-refractivity contribution in [2.45, 2.75) is 13.1 Å². The highest BCUT2D eigenvalue weighted by atomic mass is 35.5. The highest BCUT2D eigenvalue weighted by Gasteiger charge is 2.31. The van der Waals surface area contributed by atoms with Crippen LogP contribution in [0.1, 0.15) is 11.1 Å². The maximum Gasteiger partial charge on any atom is 0.417 e. The average molecular weight is 356 g/mol. The van der Waals surface area contributed by atoms with E-state index in [9.17, 15) is 18.0 Å². The van der Waals surface area contributed by atoms with Crippen molar-refractivity contribution in [2.24, 2.45) is 0 Å². The molecule has 1 aromatic carbocycles. The van der Waals surface area contributed by atoms with Crippen LogP contribution in [-0.2, 0) is 6.18 Å². The lowest BCUT2D eigenvalue weighted by Crippen LogP contribution is -2.05. The van der Waals surface area contributed by atoms with Crippen molar-refractivity contribution < 1.29 is 22.3 Å². The Bertz CT molecular complexity index is 982. The SMILES string of the molecule is Cc1cc(=O)oc2cc(Oc3ncc(C(F)(F)F)cc3Cl)ccc12. The van der Waals surface area contributed by atoms with Gasteiger partial charge in [-0.1, -0.05) is 11.6 Å². The minimum atomic E-state index is -4.54. The van der Waals surface area contributed by atoms with E-state index in [0.29, 0.717) is 17.2 Å². The summed E-state index contributed by atoms with van der Waals surface area (Å²) in [6.07, 6.45) is -3.91. The summed E-state index contributed by atoms with van der Waals surface area (Å²) in [7, 11) is 0. The maximum absolute atomic E-state index is 12.6. The summed E-state index contributed by atoms with van der Waals surface area (Å²) in [4.78, 5) is 15.0. The molecular weight excluding hydrogens is 347 g/mol. The molecule has 0 unspecified atom stereocenters. The van der Waals surface area contributed by atoms with E-state index in [1.165, 1.54) is 12.1 Å². The summed E-state index contributed by atoms with van der Waals surface area (Å²) in [5, 5.41) is 0.434.